The number of carbonyl (C=O) groups excluding carboxylic acids is 1. The van der Waals surface area contributed by atoms with E-state index in [4.69, 9.17) is 4.74 Å². The number of aliphatic hydroxyl groups excluding tert-OH is 3. The highest BCUT2D eigenvalue weighted by Gasteiger charge is 2.20. The van der Waals surface area contributed by atoms with Gasteiger partial charge in [-0.2, -0.15) is 0 Å². The number of aliphatic hydroxyl groups is 3. The number of rotatable bonds is 12. The maximum atomic E-state index is 11.2. The predicted octanol–water partition coefficient (Wildman–Crippen LogP) is 3.38. The normalized spacial score (nSPS) is 20.1. The smallest absolute Gasteiger partial charge is 0.330 e. The largest absolute Gasteiger partial charge is 0.459 e. The zero-order chi connectivity index (χ0) is 20.2. The summed E-state index contributed by atoms with van der Waals surface area (Å²) in [6.45, 7) is 0. The molecule has 1 aliphatic heterocycles. The molecule has 1 aromatic rings. The van der Waals surface area contributed by atoms with Gasteiger partial charge in [-0.15, -0.1) is 0 Å². The fraction of sp³-hybridized carbons (Fsp3) is 0.522. The van der Waals surface area contributed by atoms with Crippen molar-refractivity contribution in [1.29, 1.82) is 0 Å². The van der Waals surface area contributed by atoms with Gasteiger partial charge in [-0.25, -0.2) is 4.79 Å². The summed E-state index contributed by atoms with van der Waals surface area (Å²) >= 11 is 0. The fourth-order valence-electron chi connectivity index (χ4n) is 3.34. The number of ether oxygens (including phenoxy) is 1. The molecule has 5 nitrogen and oxygen atoms in total. The van der Waals surface area contributed by atoms with Gasteiger partial charge in [0.15, 0.2) is 0 Å². The van der Waals surface area contributed by atoms with Crippen LogP contribution >= 0.6 is 0 Å². The maximum Gasteiger partial charge on any atom is 0.330 e. The van der Waals surface area contributed by atoms with Crippen molar-refractivity contribution in [2.24, 2.45) is 0 Å². The molecule has 0 fully saturated rings. The third-order valence-electron chi connectivity index (χ3n) is 4.87. The maximum absolute atomic E-state index is 11.2. The molecule has 1 heterocycles. The molecule has 0 bridgehead atoms. The van der Waals surface area contributed by atoms with Crippen molar-refractivity contribution in [3.05, 3.63) is 54.1 Å². The van der Waals surface area contributed by atoms with Crippen LogP contribution in [-0.4, -0.2) is 45.7 Å². The topological polar surface area (TPSA) is 87.0 Å². The lowest BCUT2D eigenvalue weighted by atomic mass is 9.99. The number of cyclic esters (lactones) is 1. The van der Waals surface area contributed by atoms with Crippen molar-refractivity contribution in [2.45, 2.75) is 75.8 Å². The summed E-state index contributed by atoms with van der Waals surface area (Å²) in [4.78, 5) is 11.2. The minimum Gasteiger partial charge on any atom is -0.459 e. The van der Waals surface area contributed by atoms with E-state index in [1.165, 1.54) is 6.08 Å². The predicted molar refractivity (Wildman–Crippen MR) is 109 cm³/mol. The molecular weight excluding hydrogens is 356 g/mol. The summed E-state index contributed by atoms with van der Waals surface area (Å²) < 4.78 is 5.14. The van der Waals surface area contributed by atoms with Crippen molar-refractivity contribution in [3.63, 3.8) is 0 Å². The molecule has 0 aliphatic carbocycles. The Morgan fingerprint density at radius 1 is 1.04 bits per heavy atom. The second kappa shape index (κ2) is 12.5. The minimum atomic E-state index is -0.573. The molecule has 2 rings (SSSR count). The summed E-state index contributed by atoms with van der Waals surface area (Å²) in [5.41, 5.74) is 1.13. The van der Waals surface area contributed by atoms with E-state index in [1.807, 2.05) is 42.5 Å². The third-order valence-corrected chi connectivity index (χ3v) is 4.87. The van der Waals surface area contributed by atoms with Crippen LogP contribution < -0.4 is 0 Å². The van der Waals surface area contributed by atoms with Gasteiger partial charge in [0, 0.05) is 18.9 Å². The summed E-state index contributed by atoms with van der Waals surface area (Å²) in [5.74, 6) is -0.355. The molecule has 0 aromatic heterocycles. The number of hydrogen-bond acceptors (Lipinski definition) is 5. The molecule has 5 heteroatoms. The van der Waals surface area contributed by atoms with Crippen molar-refractivity contribution < 1.29 is 24.9 Å². The molecule has 1 aromatic carbocycles. The molecule has 0 saturated carbocycles. The highest BCUT2D eigenvalue weighted by atomic mass is 16.5. The summed E-state index contributed by atoms with van der Waals surface area (Å²) in [5, 5.41) is 30.2. The second-order valence-electron chi connectivity index (χ2n) is 7.45. The van der Waals surface area contributed by atoms with Crippen LogP contribution in [0.25, 0.3) is 6.08 Å². The van der Waals surface area contributed by atoms with Crippen LogP contribution in [0, 0.1) is 0 Å². The van der Waals surface area contributed by atoms with Gasteiger partial charge in [0.25, 0.3) is 0 Å². The van der Waals surface area contributed by atoms with E-state index < -0.39 is 18.3 Å². The van der Waals surface area contributed by atoms with E-state index in [9.17, 15) is 20.1 Å². The lowest BCUT2D eigenvalue weighted by Crippen LogP contribution is -2.25. The monoisotopic (exact) mass is 388 g/mol. The van der Waals surface area contributed by atoms with E-state index in [0.717, 1.165) is 12.0 Å². The first-order chi connectivity index (χ1) is 13.5. The van der Waals surface area contributed by atoms with Gasteiger partial charge < -0.3 is 20.1 Å². The Morgan fingerprint density at radius 2 is 1.75 bits per heavy atom. The molecule has 4 atom stereocenters. The molecule has 28 heavy (non-hydrogen) atoms. The number of benzene rings is 1. The SMILES string of the molecule is O=C1C=CC[C@H](C[C@@H](O)CCC[C@H](O)C[C@@H](O)CC/C=C/c2ccccc2)O1. The molecule has 1 aliphatic rings. The van der Waals surface area contributed by atoms with Gasteiger partial charge in [0.2, 0.25) is 0 Å². The first-order valence-electron chi connectivity index (χ1n) is 10.2. The Hall–Kier alpha value is -1.95. The van der Waals surface area contributed by atoms with Crippen LogP contribution in [0.1, 0.15) is 56.9 Å². The minimum absolute atomic E-state index is 0.261. The molecule has 0 saturated heterocycles. The first-order valence-corrected chi connectivity index (χ1v) is 10.2. The lowest BCUT2D eigenvalue weighted by Gasteiger charge is -2.22. The van der Waals surface area contributed by atoms with Crippen molar-refractivity contribution >= 4 is 12.0 Å². The highest BCUT2D eigenvalue weighted by Crippen LogP contribution is 2.18. The lowest BCUT2D eigenvalue weighted by molar-refractivity contribution is -0.145. The van der Waals surface area contributed by atoms with Gasteiger partial charge in [-0.3, -0.25) is 0 Å². The summed E-state index contributed by atoms with van der Waals surface area (Å²) in [6.07, 6.45) is 9.85. The first kappa shape index (κ1) is 22.3. The molecular formula is C23H32O5. The summed E-state index contributed by atoms with van der Waals surface area (Å²) in [7, 11) is 0. The van der Waals surface area contributed by atoms with Crippen LogP contribution in [0.4, 0.5) is 0 Å². The number of hydrogen-bond donors (Lipinski definition) is 3. The molecule has 154 valence electrons. The Bertz CT molecular complexity index is 625. The Balaban J connectivity index is 1.53. The van der Waals surface area contributed by atoms with E-state index in [-0.39, 0.29) is 12.1 Å². The van der Waals surface area contributed by atoms with Gasteiger partial charge in [0.05, 0.1) is 18.3 Å². The Kier molecular flexibility index (Phi) is 9.97. The molecule has 0 spiro atoms. The van der Waals surface area contributed by atoms with Crippen molar-refractivity contribution in [3.8, 4) is 0 Å². The fourth-order valence-corrected chi connectivity index (χ4v) is 3.34. The number of allylic oxidation sites excluding steroid dienone is 1. The highest BCUT2D eigenvalue weighted by molar-refractivity contribution is 5.82. The van der Waals surface area contributed by atoms with Crippen molar-refractivity contribution in [2.75, 3.05) is 0 Å². The average molecular weight is 389 g/mol. The Labute approximate surface area is 167 Å². The standard InChI is InChI=1S/C23H32O5/c24-19(11-5-4-10-18-8-2-1-3-9-18)16-20(25)12-6-13-21(26)17-22-14-7-15-23(27)28-22/h1-4,7-10,15,19-22,24-26H,5-6,11-14,16-17H2/b10-4+/t19-,20-,21-,22+/m0/s1. The molecule has 3 N–H and O–H groups in total. The van der Waals surface area contributed by atoms with Gasteiger partial charge in [0.1, 0.15) is 6.10 Å². The number of esters is 1. The van der Waals surface area contributed by atoms with Crippen LogP contribution in [0.3, 0.4) is 0 Å². The van der Waals surface area contributed by atoms with E-state index in [2.05, 4.69) is 0 Å². The molecule has 0 radical (unpaired) electrons. The Morgan fingerprint density at radius 3 is 2.50 bits per heavy atom. The quantitative estimate of drug-likeness (QED) is 0.478. The van der Waals surface area contributed by atoms with E-state index in [0.29, 0.717) is 44.9 Å². The van der Waals surface area contributed by atoms with Crippen LogP contribution in [0.5, 0.6) is 0 Å². The van der Waals surface area contributed by atoms with Crippen molar-refractivity contribution in [1.82, 2.24) is 0 Å². The van der Waals surface area contributed by atoms with Gasteiger partial charge in [-0.05, 0) is 44.1 Å². The molecule has 0 amide bonds. The van der Waals surface area contributed by atoms with Crippen LogP contribution in [-0.2, 0) is 9.53 Å². The van der Waals surface area contributed by atoms with Crippen LogP contribution in [0.15, 0.2) is 48.6 Å². The zero-order valence-electron chi connectivity index (χ0n) is 16.3. The second-order valence-corrected chi connectivity index (χ2v) is 7.45. The molecule has 0 unspecified atom stereocenters. The number of carbonyl (C=O) groups is 1. The van der Waals surface area contributed by atoms with Gasteiger partial charge >= 0.3 is 5.97 Å². The van der Waals surface area contributed by atoms with Gasteiger partial charge in [-0.1, -0.05) is 48.6 Å². The third kappa shape index (κ3) is 9.31. The summed E-state index contributed by atoms with van der Waals surface area (Å²) in [6, 6.07) is 10.0. The average Bonchev–Trinajstić information content (AvgIpc) is 2.66. The zero-order valence-corrected chi connectivity index (χ0v) is 16.3. The van der Waals surface area contributed by atoms with Crippen LogP contribution in [0.2, 0.25) is 0 Å². The van der Waals surface area contributed by atoms with E-state index >= 15 is 0 Å². The van der Waals surface area contributed by atoms with E-state index in [1.54, 1.807) is 6.08 Å².